The normalized spacial score (nSPS) is 27.5. The fourth-order valence-corrected chi connectivity index (χ4v) is 3.80. The van der Waals surface area contributed by atoms with Gasteiger partial charge in [-0.3, -0.25) is 9.69 Å². The van der Waals surface area contributed by atoms with Crippen molar-refractivity contribution in [2.24, 2.45) is 5.92 Å². The average Bonchev–Trinajstić information content (AvgIpc) is 2.91. The van der Waals surface area contributed by atoms with E-state index in [1.54, 1.807) is 6.07 Å². The highest BCUT2D eigenvalue weighted by Crippen LogP contribution is 2.66. The van der Waals surface area contributed by atoms with E-state index < -0.39 is 12.1 Å². The molecule has 114 valence electrons. The van der Waals surface area contributed by atoms with Crippen molar-refractivity contribution in [2.45, 2.75) is 11.8 Å². The van der Waals surface area contributed by atoms with E-state index in [4.69, 9.17) is 9.47 Å². The molecule has 1 N–H and O–H groups in total. The number of H-pyrrole nitrogens is 1. The van der Waals surface area contributed by atoms with E-state index in [2.05, 4.69) is 4.98 Å². The monoisotopic (exact) mass is 302 g/mol. The van der Waals surface area contributed by atoms with Crippen molar-refractivity contribution in [3.05, 3.63) is 34.8 Å². The van der Waals surface area contributed by atoms with Crippen LogP contribution in [0.1, 0.15) is 33.0 Å². The molecule has 3 aliphatic rings. The lowest BCUT2D eigenvalue weighted by molar-refractivity contribution is 0.0594. The summed E-state index contributed by atoms with van der Waals surface area (Å²) in [6, 6.07) is 1.67. The van der Waals surface area contributed by atoms with Crippen LogP contribution in [-0.2, 0) is 14.9 Å². The maximum absolute atomic E-state index is 12.3. The number of hydrogen-bond acceptors (Lipinski definition) is 5. The number of amides is 1. The first-order valence-corrected chi connectivity index (χ1v) is 6.96. The molecule has 7 heteroatoms. The fourth-order valence-electron chi connectivity index (χ4n) is 3.80. The molecule has 0 radical (unpaired) electrons. The van der Waals surface area contributed by atoms with Crippen molar-refractivity contribution >= 4 is 17.8 Å². The number of nitrogens with zero attached hydrogens (tertiary/aromatic N) is 1. The van der Waals surface area contributed by atoms with Crippen LogP contribution in [0.15, 0.2) is 17.8 Å². The van der Waals surface area contributed by atoms with Crippen LogP contribution in [0.2, 0.25) is 0 Å². The third-order valence-electron chi connectivity index (χ3n) is 4.87. The van der Waals surface area contributed by atoms with E-state index in [0.29, 0.717) is 17.9 Å². The second-order valence-electron chi connectivity index (χ2n) is 5.81. The molecule has 1 aromatic rings. The van der Waals surface area contributed by atoms with Gasteiger partial charge in [-0.2, -0.15) is 0 Å². The Labute approximate surface area is 125 Å². The Morgan fingerprint density at radius 1 is 1.36 bits per heavy atom. The third-order valence-corrected chi connectivity index (χ3v) is 4.87. The van der Waals surface area contributed by atoms with E-state index >= 15 is 0 Å². The van der Waals surface area contributed by atoms with Crippen LogP contribution >= 0.6 is 0 Å². The molecule has 0 aromatic carbocycles. The van der Waals surface area contributed by atoms with Gasteiger partial charge in [-0.1, -0.05) is 0 Å². The Morgan fingerprint density at radius 2 is 2.14 bits per heavy atom. The molecule has 1 spiro atoms. The zero-order valence-electron chi connectivity index (χ0n) is 12.1. The van der Waals surface area contributed by atoms with Crippen LogP contribution in [0.25, 0.3) is 0 Å². The van der Waals surface area contributed by atoms with Crippen molar-refractivity contribution in [3.63, 3.8) is 0 Å². The van der Waals surface area contributed by atoms with Crippen molar-refractivity contribution < 1.29 is 23.9 Å². The number of hydrogen-bond donors (Lipinski definition) is 1. The summed E-state index contributed by atoms with van der Waals surface area (Å²) < 4.78 is 9.49. The molecule has 2 fully saturated rings. The van der Waals surface area contributed by atoms with Gasteiger partial charge in [0, 0.05) is 23.7 Å². The molecule has 7 nitrogen and oxygen atoms in total. The van der Waals surface area contributed by atoms with E-state index in [0.717, 1.165) is 12.0 Å². The minimum atomic E-state index is -0.514. The highest BCUT2D eigenvalue weighted by Gasteiger charge is 2.68. The van der Waals surface area contributed by atoms with Gasteiger partial charge in [-0.25, -0.2) is 9.59 Å². The van der Waals surface area contributed by atoms with Crippen molar-refractivity contribution in [3.8, 4) is 0 Å². The summed E-state index contributed by atoms with van der Waals surface area (Å²) in [4.78, 5) is 40.3. The summed E-state index contributed by atoms with van der Waals surface area (Å²) in [5, 5.41) is 0. The Hall–Kier alpha value is -2.57. The van der Waals surface area contributed by atoms with E-state index in [-0.39, 0.29) is 22.8 Å². The van der Waals surface area contributed by atoms with Crippen LogP contribution in [0.3, 0.4) is 0 Å². The Bertz CT molecular complexity index is 762. The number of nitrogens with one attached hydrogen (secondary N) is 1. The number of aromatic nitrogens is 1. The lowest BCUT2D eigenvalue weighted by Gasteiger charge is -2.26. The van der Waals surface area contributed by atoms with Crippen molar-refractivity contribution in [1.29, 1.82) is 0 Å². The molecule has 2 heterocycles. The number of methoxy groups -OCH3 is 2. The SMILES string of the molecule is COC(=O)c1cc2c([nH]1)C(=O)C=C1N(C(=O)OC)C[C@@H]3C[C@@]123. The summed E-state index contributed by atoms with van der Waals surface area (Å²) in [5.74, 6) is -0.501. The lowest BCUT2D eigenvalue weighted by atomic mass is 9.85. The number of aromatic amines is 1. The zero-order chi connectivity index (χ0) is 15.6. The van der Waals surface area contributed by atoms with Gasteiger partial charge in [-0.05, 0) is 24.0 Å². The highest BCUT2D eigenvalue weighted by molar-refractivity contribution is 6.09. The molecular formula is C15H14N2O5. The van der Waals surface area contributed by atoms with Gasteiger partial charge in [0.25, 0.3) is 0 Å². The minimum absolute atomic E-state index is 0.243. The van der Waals surface area contributed by atoms with Gasteiger partial charge < -0.3 is 14.5 Å². The predicted octanol–water partition coefficient (Wildman–Crippen LogP) is 1.22. The second-order valence-corrected chi connectivity index (χ2v) is 5.81. The van der Waals surface area contributed by atoms with Crippen LogP contribution in [0, 0.1) is 5.92 Å². The van der Waals surface area contributed by atoms with Gasteiger partial charge >= 0.3 is 12.1 Å². The van der Waals surface area contributed by atoms with Crippen molar-refractivity contribution in [1.82, 2.24) is 9.88 Å². The Kier molecular flexibility index (Phi) is 2.38. The van der Waals surface area contributed by atoms with Gasteiger partial charge in [0.1, 0.15) is 5.69 Å². The highest BCUT2D eigenvalue weighted by atomic mass is 16.5. The molecule has 1 saturated heterocycles. The van der Waals surface area contributed by atoms with E-state index in [9.17, 15) is 14.4 Å². The van der Waals surface area contributed by atoms with Crippen molar-refractivity contribution in [2.75, 3.05) is 20.8 Å². The zero-order valence-corrected chi connectivity index (χ0v) is 12.1. The van der Waals surface area contributed by atoms with Gasteiger partial charge in [0.05, 0.1) is 19.9 Å². The number of rotatable bonds is 1. The molecule has 0 bridgehead atoms. The molecule has 22 heavy (non-hydrogen) atoms. The molecule has 4 rings (SSSR count). The minimum Gasteiger partial charge on any atom is -0.464 e. The Morgan fingerprint density at radius 3 is 2.82 bits per heavy atom. The molecule has 0 unspecified atom stereocenters. The van der Waals surface area contributed by atoms with E-state index in [1.807, 2.05) is 0 Å². The average molecular weight is 302 g/mol. The molecule has 2 atom stereocenters. The fraction of sp³-hybridized carbons (Fsp3) is 0.400. The number of likely N-dealkylation sites (tertiary alicyclic amines) is 1. The number of esters is 1. The first-order valence-electron chi connectivity index (χ1n) is 6.96. The van der Waals surface area contributed by atoms with Crippen LogP contribution < -0.4 is 0 Å². The summed E-state index contributed by atoms with van der Waals surface area (Å²) in [6.07, 6.45) is 1.88. The first kappa shape index (κ1) is 13.1. The molecule has 1 saturated carbocycles. The number of ketones is 1. The summed E-state index contributed by atoms with van der Waals surface area (Å²) in [6.45, 7) is 0.532. The standard InChI is InChI=1S/C15H14N2O5/c1-21-13(19)9-3-8-12(16-9)10(18)4-11-15(8)5-7(15)6-17(11)14(20)22-2/h3-4,7,16H,5-6H2,1-2H3/t7-,15-/m0/s1. The van der Waals surface area contributed by atoms with Crippen LogP contribution in [0.4, 0.5) is 4.79 Å². The second kappa shape index (κ2) is 4.00. The molecule has 1 amide bonds. The number of allylic oxidation sites excluding steroid dienone is 2. The van der Waals surface area contributed by atoms with Gasteiger partial charge in [-0.15, -0.1) is 0 Å². The Balaban J connectivity index is 1.82. The molecular weight excluding hydrogens is 288 g/mol. The topological polar surface area (TPSA) is 88.7 Å². The summed E-state index contributed by atoms with van der Waals surface area (Å²) in [7, 11) is 2.61. The maximum atomic E-state index is 12.3. The van der Waals surface area contributed by atoms with Gasteiger partial charge in [0.15, 0.2) is 0 Å². The molecule has 1 aliphatic heterocycles. The third kappa shape index (κ3) is 1.38. The number of piperidine rings is 1. The largest absolute Gasteiger partial charge is 0.464 e. The summed E-state index contributed by atoms with van der Waals surface area (Å²) >= 11 is 0. The number of fused-ring (bicyclic) bond motifs is 1. The van der Waals surface area contributed by atoms with Crippen LogP contribution in [-0.4, -0.2) is 48.5 Å². The first-order chi connectivity index (χ1) is 10.5. The van der Waals surface area contributed by atoms with Gasteiger partial charge in [0.2, 0.25) is 5.78 Å². The van der Waals surface area contributed by atoms with E-state index in [1.165, 1.54) is 25.2 Å². The number of carbonyl (C=O) groups is 3. The quantitative estimate of drug-likeness (QED) is 0.788. The summed E-state index contributed by atoms with van der Waals surface area (Å²) in [5.41, 5.74) is 1.79. The number of carbonyl (C=O) groups excluding carboxylic acids is 3. The molecule has 1 aromatic heterocycles. The predicted molar refractivity (Wildman–Crippen MR) is 73.4 cm³/mol. The lowest BCUT2D eigenvalue weighted by Crippen LogP contribution is -2.33. The smallest absolute Gasteiger partial charge is 0.413 e. The molecule has 2 aliphatic carbocycles. The maximum Gasteiger partial charge on any atom is 0.413 e. The number of ether oxygens (including phenoxy) is 2. The van der Waals surface area contributed by atoms with Crippen LogP contribution in [0.5, 0.6) is 0 Å².